The Morgan fingerprint density at radius 1 is 1.00 bits per heavy atom. The van der Waals surface area contributed by atoms with E-state index in [1.54, 1.807) is 6.92 Å². The molecule has 18 heavy (non-hydrogen) atoms. The Labute approximate surface area is 105 Å². The first-order valence-electron chi connectivity index (χ1n) is 4.98. The van der Waals surface area contributed by atoms with Crippen molar-refractivity contribution in [3.8, 4) is 0 Å². The van der Waals surface area contributed by atoms with Crippen LogP contribution in [0.15, 0.2) is 12.1 Å². The van der Waals surface area contributed by atoms with Crippen molar-refractivity contribution in [2.45, 2.75) is 31.6 Å². The molecule has 0 aliphatic carbocycles. The highest BCUT2D eigenvalue weighted by molar-refractivity contribution is 6.17. The van der Waals surface area contributed by atoms with Crippen LogP contribution < -0.4 is 0 Å². The molecule has 7 heteroatoms. The van der Waals surface area contributed by atoms with Gasteiger partial charge in [-0.2, -0.15) is 26.3 Å². The molecule has 1 rings (SSSR count). The predicted octanol–water partition coefficient (Wildman–Crippen LogP) is 5.03. The van der Waals surface area contributed by atoms with E-state index in [1.807, 2.05) is 0 Å². The molecule has 1 aromatic rings. The quantitative estimate of drug-likeness (QED) is 0.529. The second kappa shape index (κ2) is 4.99. The molecule has 0 atom stereocenters. The second-order valence-corrected chi connectivity index (χ2v) is 3.88. The van der Waals surface area contributed by atoms with Crippen molar-refractivity contribution in [1.82, 2.24) is 0 Å². The van der Waals surface area contributed by atoms with Gasteiger partial charge in [-0.25, -0.2) is 0 Å². The average molecular weight is 291 g/mol. The maximum Gasteiger partial charge on any atom is 0.417 e. The van der Waals surface area contributed by atoms with Gasteiger partial charge >= 0.3 is 12.4 Å². The van der Waals surface area contributed by atoms with E-state index in [1.165, 1.54) is 0 Å². The molecule has 0 nitrogen and oxygen atoms in total. The van der Waals surface area contributed by atoms with Gasteiger partial charge in [0.15, 0.2) is 0 Å². The minimum Gasteiger partial charge on any atom is -0.166 e. The number of rotatable bonds is 2. The number of hydrogen-bond donors (Lipinski definition) is 0. The van der Waals surface area contributed by atoms with Crippen LogP contribution >= 0.6 is 11.6 Å². The highest BCUT2D eigenvalue weighted by Crippen LogP contribution is 2.43. The first kappa shape index (κ1) is 15.1. The normalized spacial score (nSPS) is 12.9. The van der Waals surface area contributed by atoms with Gasteiger partial charge in [-0.3, -0.25) is 0 Å². The Hall–Kier alpha value is -0.910. The van der Waals surface area contributed by atoms with Crippen molar-refractivity contribution in [1.29, 1.82) is 0 Å². The van der Waals surface area contributed by atoms with E-state index >= 15 is 0 Å². The molecule has 0 saturated heterocycles. The maximum atomic E-state index is 12.8. The van der Waals surface area contributed by atoms with Crippen LogP contribution in [0.1, 0.15) is 29.2 Å². The summed E-state index contributed by atoms with van der Waals surface area (Å²) in [6, 6.07) is 1.49. The lowest BCUT2D eigenvalue weighted by atomic mass is 9.94. The van der Waals surface area contributed by atoms with Crippen LogP contribution in [0.25, 0.3) is 0 Å². The Bertz CT molecular complexity index is 432. The summed E-state index contributed by atoms with van der Waals surface area (Å²) in [5, 5.41) is 0. The van der Waals surface area contributed by atoms with Crippen molar-refractivity contribution in [3.63, 3.8) is 0 Å². The summed E-state index contributed by atoms with van der Waals surface area (Å²) in [6.45, 7) is 1.55. The summed E-state index contributed by atoms with van der Waals surface area (Å²) < 4.78 is 76.1. The number of alkyl halides is 7. The molecule has 1 aromatic carbocycles. The zero-order chi connectivity index (χ0) is 14.1. The van der Waals surface area contributed by atoms with E-state index in [0.717, 1.165) is 6.07 Å². The standard InChI is InChI=1S/C11H9ClF6/c1-2-6-3-4-8(10(13,14)15)9(7(6)5-12)11(16,17)18/h3-4H,2,5H2,1H3. The van der Waals surface area contributed by atoms with Crippen molar-refractivity contribution in [2.75, 3.05) is 0 Å². The smallest absolute Gasteiger partial charge is 0.166 e. The number of benzene rings is 1. The minimum absolute atomic E-state index is 0.172. The average Bonchev–Trinajstić information content (AvgIpc) is 2.24. The third kappa shape index (κ3) is 2.91. The van der Waals surface area contributed by atoms with Crippen LogP contribution in [0.3, 0.4) is 0 Å². The summed E-state index contributed by atoms with van der Waals surface area (Å²) in [4.78, 5) is 0. The molecule has 0 unspecified atom stereocenters. The highest BCUT2D eigenvalue weighted by atomic mass is 35.5. The first-order chi connectivity index (χ1) is 8.12. The molecule has 102 valence electrons. The fraction of sp³-hybridized carbons (Fsp3) is 0.455. The maximum absolute atomic E-state index is 12.8. The monoisotopic (exact) mass is 290 g/mol. The highest BCUT2D eigenvalue weighted by Gasteiger charge is 2.45. The van der Waals surface area contributed by atoms with Gasteiger partial charge in [-0.15, -0.1) is 11.6 Å². The summed E-state index contributed by atoms with van der Waals surface area (Å²) in [7, 11) is 0. The molecule has 0 aromatic heterocycles. The van der Waals surface area contributed by atoms with Crippen LogP contribution in [0.4, 0.5) is 26.3 Å². The van der Waals surface area contributed by atoms with Crippen LogP contribution in [-0.2, 0) is 24.7 Å². The molecule has 0 N–H and O–H groups in total. The third-order valence-electron chi connectivity index (χ3n) is 2.51. The summed E-state index contributed by atoms with van der Waals surface area (Å²) in [6.07, 6.45) is -9.96. The van der Waals surface area contributed by atoms with Gasteiger partial charge in [0.25, 0.3) is 0 Å². The Morgan fingerprint density at radius 3 is 1.89 bits per heavy atom. The van der Waals surface area contributed by atoms with Gasteiger partial charge in [0, 0.05) is 5.88 Å². The fourth-order valence-electron chi connectivity index (χ4n) is 1.73. The Balaban J connectivity index is 3.66. The molecule has 0 fully saturated rings. The lowest BCUT2D eigenvalue weighted by Crippen LogP contribution is -2.19. The number of hydrogen-bond acceptors (Lipinski definition) is 0. The van der Waals surface area contributed by atoms with Crippen molar-refractivity contribution >= 4 is 11.6 Å². The zero-order valence-electron chi connectivity index (χ0n) is 9.21. The van der Waals surface area contributed by atoms with Crippen molar-refractivity contribution < 1.29 is 26.3 Å². The van der Waals surface area contributed by atoms with Crippen LogP contribution in [0, 0.1) is 0 Å². The second-order valence-electron chi connectivity index (χ2n) is 3.61. The zero-order valence-corrected chi connectivity index (χ0v) is 9.97. The number of halogens is 7. The van der Waals surface area contributed by atoms with Gasteiger partial charge in [-0.1, -0.05) is 13.0 Å². The molecule has 0 saturated carbocycles. The first-order valence-corrected chi connectivity index (χ1v) is 5.51. The molecule has 0 amide bonds. The predicted molar refractivity (Wildman–Crippen MR) is 55.4 cm³/mol. The lowest BCUT2D eigenvalue weighted by Gasteiger charge is -2.20. The Morgan fingerprint density at radius 2 is 1.56 bits per heavy atom. The van der Waals surface area contributed by atoms with Gasteiger partial charge in [0.1, 0.15) is 0 Å². The van der Waals surface area contributed by atoms with E-state index in [2.05, 4.69) is 0 Å². The summed E-state index contributed by atoms with van der Waals surface area (Å²) in [5.41, 5.74) is -3.70. The minimum atomic E-state index is -5.08. The van der Waals surface area contributed by atoms with E-state index in [4.69, 9.17) is 11.6 Å². The molecular weight excluding hydrogens is 282 g/mol. The van der Waals surface area contributed by atoms with E-state index in [9.17, 15) is 26.3 Å². The Kier molecular flexibility index (Phi) is 4.20. The van der Waals surface area contributed by atoms with Gasteiger partial charge < -0.3 is 0 Å². The largest absolute Gasteiger partial charge is 0.417 e. The van der Waals surface area contributed by atoms with Crippen molar-refractivity contribution in [3.05, 3.63) is 34.4 Å². The van der Waals surface area contributed by atoms with Gasteiger partial charge in [0.05, 0.1) is 11.1 Å². The summed E-state index contributed by atoms with van der Waals surface area (Å²) in [5.74, 6) is -0.609. The van der Waals surface area contributed by atoms with E-state index in [-0.39, 0.29) is 12.0 Å². The van der Waals surface area contributed by atoms with E-state index in [0.29, 0.717) is 6.07 Å². The topological polar surface area (TPSA) is 0 Å². The molecular formula is C11H9ClF6. The van der Waals surface area contributed by atoms with Crippen molar-refractivity contribution in [2.24, 2.45) is 0 Å². The molecule has 0 heterocycles. The molecule has 0 radical (unpaired) electrons. The molecule has 0 spiro atoms. The van der Waals surface area contributed by atoms with Crippen LogP contribution in [-0.4, -0.2) is 0 Å². The SMILES string of the molecule is CCc1ccc(C(F)(F)F)c(C(F)(F)F)c1CCl. The summed E-state index contributed by atoms with van der Waals surface area (Å²) >= 11 is 5.38. The van der Waals surface area contributed by atoms with Crippen LogP contribution in [0.2, 0.25) is 0 Å². The molecule has 0 bridgehead atoms. The lowest BCUT2D eigenvalue weighted by molar-refractivity contribution is -0.162. The molecule has 0 aliphatic heterocycles. The fourth-order valence-corrected chi connectivity index (χ4v) is 2.04. The third-order valence-corrected chi connectivity index (χ3v) is 2.78. The number of aryl methyl sites for hydroxylation is 1. The van der Waals surface area contributed by atoms with Gasteiger partial charge in [0.2, 0.25) is 0 Å². The van der Waals surface area contributed by atoms with Crippen LogP contribution in [0.5, 0.6) is 0 Å². The van der Waals surface area contributed by atoms with Gasteiger partial charge in [-0.05, 0) is 23.6 Å². The van der Waals surface area contributed by atoms with E-state index < -0.39 is 34.9 Å². The molecule has 0 aliphatic rings.